The molecule has 0 spiro atoms. The van der Waals surface area contributed by atoms with E-state index in [0.29, 0.717) is 5.75 Å². The van der Waals surface area contributed by atoms with E-state index < -0.39 is 0 Å². The van der Waals surface area contributed by atoms with E-state index in [9.17, 15) is 5.11 Å². The van der Waals surface area contributed by atoms with E-state index in [1.165, 1.54) is 18.4 Å². The average molecular weight is 210 g/mol. The molecule has 3 nitrogen and oxygen atoms in total. The number of rotatable bonds is 2. The van der Waals surface area contributed by atoms with Crippen molar-refractivity contribution >= 4 is 21.4 Å². The molecular formula is C10H10O3S. The molecule has 0 bridgehead atoms. The Labute approximate surface area is 85.2 Å². The highest BCUT2D eigenvalue weighted by atomic mass is 32.1. The number of phenolic OH excluding ortho intramolecular Hbond substituents is 1. The topological polar surface area (TPSA) is 49.7 Å². The van der Waals surface area contributed by atoms with Crippen molar-refractivity contribution in [3.05, 3.63) is 23.1 Å². The van der Waals surface area contributed by atoms with Gasteiger partial charge in [0.05, 0.1) is 13.7 Å². The summed E-state index contributed by atoms with van der Waals surface area (Å²) in [6.07, 6.45) is 0. The lowest BCUT2D eigenvalue weighted by atomic mass is 10.2. The predicted molar refractivity (Wildman–Crippen MR) is 56.0 cm³/mol. The first kappa shape index (κ1) is 9.30. The molecule has 2 N–H and O–H groups in total. The molecule has 14 heavy (non-hydrogen) atoms. The molecule has 0 saturated carbocycles. The highest BCUT2D eigenvalue weighted by Gasteiger charge is 2.06. The molecule has 2 aromatic rings. The van der Waals surface area contributed by atoms with Crippen LogP contribution < -0.4 is 4.74 Å². The van der Waals surface area contributed by atoms with Crippen molar-refractivity contribution in [2.45, 2.75) is 6.61 Å². The quantitative estimate of drug-likeness (QED) is 0.798. The third-order valence-electron chi connectivity index (χ3n) is 2.02. The molecule has 74 valence electrons. The molecule has 0 aliphatic carbocycles. The van der Waals surface area contributed by atoms with Crippen molar-refractivity contribution in [2.75, 3.05) is 7.11 Å². The van der Waals surface area contributed by atoms with E-state index in [1.807, 2.05) is 6.07 Å². The molecule has 0 atom stereocenters. The Morgan fingerprint density at radius 3 is 2.79 bits per heavy atom. The van der Waals surface area contributed by atoms with Gasteiger partial charge in [0.15, 0.2) is 11.5 Å². The molecule has 0 aliphatic rings. The molecule has 1 aromatic heterocycles. The van der Waals surface area contributed by atoms with Crippen molar-refractivity contribution < 1.29 is 14.9 Å². The number of phenols is 1. The summed E-state index contributed by atoms with van der Waals surface area (Å²) < 4.78 is 5.94. The summed E-state index contributed by atoms with van der Waals surface area (Å²) >= 11 is 1.47. The van der Waals surface area contributed by atoms with Gasteiger partial charge >= 0.3 is 0 Å². The maximum atomic E-state index is 9.51. The Bertz CT molecular complexity index is 462. The molecule has 1 heterocycles. The van der Waals surface area contributed by atoms with E-state index in [2.05, 4.69) is 0 Å². The first-order valence-corrected chi connectivity index (χ1v) is 4.96. The SMILES string of the molecule is COc1cc2cc(CO)sc2cc1O. The van der Waals surface area contributed by atoms with Gasteiger partial charge in [-0.1, -0.05) is 0 Å². The molecule has 0 amide bonds. The van der Waals surface area contributed by atoms with Crippen LogP contribution in [0, 0.1) is 0 Å². The molecule has 2 rings (SSSR count). The number of aliphatic hydroxyl groups is 1. The van der Waals surface area contributed by atoms with Gasteiger partial charge in [-0.3, -0.25) is 0 Å². The van der Waals surface area contributed by atoms with Crippen molar-refractivity contribution in [2.24, 2.45) is 0 Å². The van der Waals surface area contributed by atoms with Crippen LogP contribution in [0.15, 0.2) is 18.2 Å². The number of ether oxygens (including phenoxy) is 1. The Morgan fingerprint density at radius 1 is 1.36 bits per heavy atom. The molecule has 0 saturated heterocycles. The van der Waals surface area contributed by atoms with Gasteiger partial charge in [-0.2, -0.15) is 0 Å². The van der Waals surface area contributed by atoms with Gasteiger partial charge in [0.1, 0.15) is 0 Å². The number of hydrogen-bond acceptors (Lipinski definition) is 4. The maximum Gasteiger partial charge on any atom is 0.161 e. The fourth-order valence-corrected chi connectivity index (χ4v) is 2.29. The zero-order valence-electron chi connectivity index (χ0n) is 7.65. The third kappa shape index (κ3) is 1.42. The van der Waals surface area contributed by atoms with Crippen molar-refractivity contribution in [1.29, 1.82) is 0 Å². The standard InChI is InChI=1S/C10H10O3S/c1-13-9-3-6-2-7(5-11)14-10(6)4-8(9)12/h2-4,11-12H,5H2,1H3. The Balaban J connectivity index is 2.64. The summed E-state index contributed by atoms with van der Waals surface area (Å²) in [6, 6.07) is 5.31. The van der Waals surface area contributed by atoms with Crippen LogP contribution in [0.2, 0.25) is 0 Å². The van der Waals surface area contributed by atoms with Gasteiger partial charge in [0.2, 0.25) is 0 Å². The van der Waals surface area contributed by atoms with Crippen LogP contribution in [-0.4, -0.2) is 17.3 Å². The molecule has 0 fully saturated rings. The fourth-order valence-electron chi connectivity index (χ4n) is 1.35. The number of methoxy groups -OCH3 is 1. The molecule has 4 heteroatoms. The minimum absolute atomic E-state index is 0.0302. The minimum atomic E-state index is 0.0302. The van der Waals surface area contributed by atoms with E-state index in [0.717, 1.165) is 15.0 Å². The van der Waals surface area contributed by atoms with Crippen LogP contribution in [-0.2, 0) is 6.61 Å². The average Bonchev–Trinajstić information content (AvgIpc) is 2.58. The Morgan fingerprint density at radius 2 is 2.14 bits per heavy atom. The first-order valence-electron chi connectivity index (χ1n) is 4.15. The van der Waals surface area contributed by atoms with Crippen molar-refractivity contribution in [1.82, 2.24) is 0 Å². The molecular weight excluding hydrogens is 200 g/mol. The number of fused-ring (bicyclic) bond motifs is 1. The minimum Gasteiger partial charge on any atom is -0.504 e. The van der Waals surface area contributed by atoms with Gasteiger partial charge in [-0.15, -0.1) is 11.3 Å². The second kappa shape index (κ2) is 3.48. The smallest absolute Gasteiger partial charge is 0.161 e. The lowest BCUT2D eigenvalue weighted by Gasteiger charge is -2.01. The number of aliphatic hydroxyl groups excluding tert-OH is 1. The highest BCUT2D eigenvalue weighted by Crippen LogP contribution is 2.35. The predicted octanol–water partition coefficient (Wildman–Crippen LogP) is 2.11. The van der Waals surface area contributed by atoms with E-state index in [1.54, 1.807) is 12.1 Å². The summed E-state index contributed by atoms with van der Waals surface area (Å²) in [5.74, 6) is 0.589. The second-order valence-electron chi connectivity index (χ2n) is 2.93. The molecule has 1 aromatic carbocycles. The summed E-state index contributed by atoms with van der Waals surface area (Å²) in [6.45, 7) is 0.0302. The molecule has 0 radical (unpaired) electrons. The van der Waals surface area contributed by atoms with Gasteiger partial charge in [0.25, 0.3) is 0 Å². The van der Waals surface area contributed by atoms with Crippen molar-refractivity contribution in [3.8, 4) is 11.5 Å². The van der Waals surface area contributed by atoms with Crippen LogP contribution in [0.25, 0.3) is 10.1 Å². The Hall–Kier alpha value is -1.26. The van der Waals surface area contributed by atoms with E-state index >= 15 is 0 Å². The van der Waals surface area contributed by atoms with Crippen LogP contribution in [0.1, 0.15) is 4.88 Å². The third-order valence-corrected chi connectivity index (χ3v) is 3.11. The monoisotopic (exact) mass is 210 g/mol. The van der Waals surface area contributed by atoms with Crippen LogP contribution in [0.3, 0.4) is 0 Å². The van der Waals surface area contributed by atoms with E-state index in [4.69, 9.17) is 9.84 Å². The second-order valence-corrected chi connectivity index (χ2v) is 4.10. The fraction of sp³-hybridized carbons (Fsp3) is 0.200. The summed E-state index contributed by atoms with van der Waals surface area (Å²) in [5, 5.41) is 19.4. The zero-order valence-corrected chi connectivity index (χ0v) is 8.47. The lowest BCUT2D eigenvalue weighted by Crippen LogP contribution is -1.82. The van der Waals surface area contributed by atoms with Gasteiger partial charge < -0.3 is 14.9 Å². The number of benzene rings is 1. The van der Waals surface area contributed by atoms with Gasteiger partial charge in [-0.25, -0.2) is 0 Å². The van der Waals surface area contributed by atoms with Gasteiger partial charge in [-0.05, 0) is 17.5 Å². The molecule has 0 aliphatic heterocycles. The normalized spacial score (nSPS) is 10.7. The Kier molecular flexibility index (Phi) is 2.31. The maximum absolute atomic E-state index is 9.51. The summed E-state index contributed by atoms with van der Waals surface area (Å²) in [5.41, 5.74) is 0. The van der Waals surface area contributed by atoms with Crippen LogP contribution in [0.4, 0.5) is 0 Å². The largest absolute Gasteiger partial charge is 0.504 e. The van der Waals surface area contributed by atoms with Crippen molar-refractivity contribution in [3.63, 3.8) is 0 Å². The summed E-state index contributed by atoms with van der Waals surface area (Å²) in [4.78, 5) is 0.882. The van der Waals surface area contributed by atoms with Crippen LogP contribution in [0.5, 0.6) is 11.5 Å². The summed E-state index contributed by atoms with van der Waals surface area (Å²) in [7, 11) is 1.51. The highest BCUT2D eigenvalue weighted by molar-refractivity contribution is 7.19. The molecule has 0 unspecified atom stereocenters. The van der Waals surface area contributed by atoms with Gasteiger partial charge in [0, 0.05) is 15.6 Å². The number of aromatic hydroxyl groups is 1. The lowest BCUT2D eigenvalue weighted by molar-refractivity contribution is 0.285. The number of thiophene rings is 1. The van der Waals surface area contributed by atoms with Crippen LogP contribution >= 0.6 is 11.3 Å². The van der Waals surface area contributed by atoms with E-state index in [-0.39, 0.29) is 12.4 Å². The number of hydrogen-bond donors (Lipinski definition) is 2. The first-order chi connectivity index (χ1) is 6.74. The zero-order chi connectivity index (χ0) is 10.1.